The van der Waals surface area contributed by atoms with Crippen LogP contribution in [0, 0.1) is 0 Å². The molecule has 63 heavy (non-hydrogen) atoms. The molecule has 1 aliphatic rings. The highest BCUT2D eigenvalue weighted by Crippen LogP contribution is 2.51. The Balaban J connectivity index is 1.03. The van der Waals surface area contributed by atoms with Crippen LogP contribution in [-0.4, -0.2) is 0 Å². The van der Waals surface area contributed by atoms with Crippen molar-refractivity contribution in [3.63, 3.8) is 0 Å². The molecule has 2 aromatic heterocycles. The first kappa shape index (κ1) is 36.7. The van der Waals surface area contributed by atoms with Gasteiger partial charge in [0, 0.05) is 74.5 Å². The van der Waals surface area contributed by atoms with Crippen molar-refractivity contribution in [1.82, 2.24) is 0 Å². The number of hydrogen-bond donors (Lipinski definition) is 0. The molecule has 0 spiro atoms. The van der Waals surface area contributed by atoms with E-state index in [1.54, 1.807) is 0 Å². The van der Waals surface area contributed by atoms with E-state index in [0.717, 1.165) is 18.5 Å². The lowest BCUT2D eigenvalue weighted by molar-refractivity contribution is 0.475. The molecule has 0 N–H and O–H groups in total. The van der Waals surface area contributed by atoms with E-state index in [2.05, 4.69) is 218 Å². The van der Waals surface area contributed by atoms with Gasteiger partial charge in [-0.15, -0.1) is 22.7 Å². The van der Waals surface area contributed by atoms with Gasteiger partial charge in [0.05, 0.1) is 0 Å². The molecule has 0 unspecified atom stereocenters. The maximum atomic E-state index is 2.53. The summed E-state index contributed by atoms with van der Waals surface area (Å²) in [5.41, 5.74) is 9.91. The Morgan fingerprint density at radius 3 is 1.46 bits per heavy atom. The fourth-order valence-electron chi connectivity index (χ4n) is 10.4. The van der Waals surface area contributed by atoms with Gasteiger partial charge in [0.15, 0.2) is 0 Å². The number of rotatable bonds is 6. The number of benzene rings is 10. The summed E-state index contributed by atoms with van der Waals surface area (Å²) in [4.78, 5) is 5.02. The Hall–Kier alpha value is -6.98. The Bertz CT molecular complexity index is 3810. The van der Waals surface area contributed by atoms with E-state index in [4.69, 9.17) is 0 Å². The van der Waals surface area contributed by atoms with E-state index >= 15 is 0 Å². The number of aryl methyl sites for hydroxylation is 1. The van der Waals surface area contributed by atoms with Crippen molar-refractivity contribution >= 4 is 129 Å². The normalized spacial score (nSPS) is 13.6. The second-order valence-corrected chi connectivity index (χ2v) is 20.0. The van der Waals surface area contributed by atoms with Gasteiger partial charge in [-0.25, -0.2) is 0 Å². The van der Waals surface area contributed by atoms with Crippen LogP contribution in [0.1, 0.15) is 31.4 Å². The van der Waals surface area contributed by atoms with Gasteiger partial charge in [-0.3, -0.25) is 0 Å². The molecule has 2 heterocycles. The number of thiophene rings is 2. The summed E-state index contributed by atoms with van der Waals surface area (Å²) in [5.74, 6) is 0. The Morgan fingerprint density at radius 1 is 0.381 bits per heavy atom. The van der Waals surface area contributed by atoms with Crippen LogP contribution >= 0.6 is 22.7 Å². The van der Waals surface area contributed by atoms with E-state index < -0.39 is 0 Å². The molecule has 0 amide bonds. The van der Waals surface area contributed by atoms with Gasteiger partial charge in [-0.2, -0.15) is 0 Å². The monoisotopic (exact) mass is 842 g/mol. The van der Waals surface area contributed by atoms with E-state index in [1.165, 1.54) is 112 Å². The third kappa shape index (κ3) is 5.89. The lowest BCUT2D eigenvalue weighted by Gasteiger charge is -2.37. The number of nitrogens with zero attached hydrogens (tertiary/aromatic N) is 2. The van der Waals surface area contributed by atoms with Crippen LogP contribution in [0.2, 0.25) is 0 Å². The first-order valence-electron chi connectivity index (χ1n) is 21.9. The third-order valence-electron chi connectivity index (χ3n) is 13.6. The van der Waals surface area contributed by atoms with Gasteiger partial charge in [0.25, 0.3) is 0 Å². The van der Waals surface area contributed by atoms with Crippen LogP contribution in [0.4, 0.5) is 34.1 Å². The van der Waals surface area contributed by atoms with Gasteiger partial charge in [0.2, 0.25) is 0 Å². The van der Waals surface area contributed by atoms with Crippen molar-refractivity contribution in [3.05, 3.63) is 205 Å². The Labute approximate surface area is 374 Å². The van der Waals surface area contributed by atoms with Crippen molar-refractivity contribution in [1.29, 1.82) is 0 Å². The van der Waals surface area contributed by atoms with Crippen molar-refractivity contribution in [2.75, 3.05) is 9.80 Å². The zero-order valence-corrected chi connectivity index (χ0v) is 36.7. The summed E-state index contributed by atoms with van der Waals surface area (Å²) in [5, 5.41) is 12.9. The quantitative estimate of drug-likeness (QED) is 0.165. The molecule has 300 valence electrons. The molecule has 0 saturated carbocycles. The molecule has 13 rings (SSSR count). The van der Waals surface area contributed by atoms with Crippen LogP contribution in [0.25, 0.3) is 72.7 Å². The summed E-state index contributed by atoms with van der Waals surface area (Å²) >= 11 is 3.76. The minimum Gasteiger partial charge on any atom is -0.310 e. The van der Waals surface area contributed by atoms with Crippen molar-refractivity contribution in [2.45, 2.75) is 32.1 Å². The van der Waals surface area contributed by atoms with Crippen molar-refractivity contribution in [3.8, 4) is 0 Å². The second kappa shape index (κ2) is 14.0. The van der Waals surface area contributed by atoms with Crippen LogP contribution in [-0.2, 0) is 11.8 Å². The summed E-state index contributed by atoms with van der Waals surface area (Å²) in [6.45, 7) is 4.89. The van der Waals surface area contributed by atoms with Gasteiger partial charge >= 0.3 is 0 Å². The number of fused-ring (bicyclic) bond motifs is 8. The molecule has 0 atom stereocenters. The van der Waals surface area contributed by atoms with Gasteiger partial charge in [-0.1, -0.05) is 129 Å². The maximum Gasteiger partial charge on any atom is 0.0500 e. The first-order valence-corrected chi connectivity index (χ1v) is 23.6. The Kier molecular flexibility index (Phi) is 8.16. The lowest BCUT2D eigenvalue weighted by Crippen LogP contribution is -2.25. The molecule has 0 aliphatic heterocycles. The molecule has 12 aromatic rings. The fourth-order valence-corrected chi connectivity index (χ4v) is 12.7. The molecule has 0 radical (unpaired) electrons. The SMILES string of the molecule is CC1(C)CCc2c(N(c3ccc4ccccc4c3)c3ccc4c(c3)sc3ccccc34)ccc3cc(N(c4ccc5ccccc5c4)c4ccc5c(c4)sc4ccccc45)cc1c23. The van der Waals surface area contributed by atoms with Crippen LogP contribution in [0.15, 0.2) is 194 Å². The molecule has 1 aliphatic carbocycles. The van der Waals surface area contributed by atoms with Crippen LogP contribution < -0.4 is 9.80 Å². The molecular formula is C59H42N2S2. The van der Waals surface area contributed by atoms with Gasteiger partial charge in [0.1, 0.15) is 0 Å². The van der Waals surface area contributed by atoms with E-state index in [1.807, 2.05) is 22.7 Å². The molecule has 10 aromatic carbocycles. The highest BCUT2D eigenvalue weighted by molar-refractivity contribution is 7.26. The smallest absolute Gasteiger partial charge is 0.0500 e. The minimum atomic E-state index is -0.0336. The molecule has 0 saturated heterocycles. The Morgan fingerprint density at radius 2 is 0.841 bits per heavy atom. The van der Waals surface area contributed by atoms with Gasteiger partial charge in [-0.05, 0) is 141 Å². The fraction of sp³-hybridized carbons (Fsp3) is 0.0847. The average Bonchev–Trinajstić information content (AvgIpc) is 3.88. The van der Waals surface area contributed by atoms with E-state index in [0.29, 0.717) is 0 Å². The molecule has 2 nitrogen and oxygen atoms in total. The van der Waals surface area contributed by atoms with E-state index in [9.17, 15) is 0 Å². The third-order valence-corrected chi connectivity index (χ3v) is 15.9. The minimum absolute atomic E-state index is 0.0336. The highest BCUT2D eigenvalue weighted by Gasteiger charge is 2.33. The topological polar surface area (TPSA) is 6.48 Å². The number of hydrogen-bond acceptors (Lipinski definition) is 4. The first-order chi connectivity index (χ1) is 30.9. The van der Waals surface area contributed by atoms with E-state index in [-0.39, 0.29) is 5.41 Å². The standard InChI is InChI=1S/C59H42N2S2/c1-59(2)30-29-51-53(61(43-23-20-38-12-4-6-14-40(38)32-43)45-25-27-50-48-16-8-10-18-55(48)63-57(50)36-45)28-21-41-33-46(34-52(59)58(41)51)60(42-22-19-37-11-3-5-13-39(37)31-42)44-24-26-49-47-15-7-9-17-54(47)62-56(49)35-44/h3-28,31-36H,29-30H2,1-2H3. The predicted molar refractivity (Wildman–Crippen MR) is 275 cm³/mol. The van der Waals surface area contributed by atoms with Crippen LogP contribution in [0.5, 0.6) is 0 Å². The summed E-state index contributed by atoms with van der Waals surface area (Å²) < 4.78 is 5.26. The van der Waals surface area contributed by atoms with Crippen molar-refractivity contribution in [2.24, 2.45) is 0 Å². The highest BCUT2D eigenvalue weighted by atomic mass is 32.1. The lowest BCUT2D eigenvalue weighted by atomic mass is 9.71. The summed E-state index contributed by atoms with van der Waals surface area (Å²) in [6, 6.07) is 72.8. The molecule has 0 fully saturated rings. The van der Waals surface area contributed by atoms with Crippen LogP contribution in [0.3, 0.4) is 0 Å². The van der Waals surface area contributed by atoms with Gasteiger partial charge < -0.3 is 9.80 Å². The average molecular weight is 843 g/mol. The predicted octanol–water partition coefficient (Wildman–Crippen LogP) is 18.0. The molecule has 0 bridgehead atoms. The van der Waals surface area contributed by atoms with Crippen molar-refractivity contribution < 1.29 is 0 Å². The zero-order chi connectivity index (χ0) is 41.8. The summed E-state index contributed by atoms with van der Waals surface area (Å²) in [6.07, 6.45) is 2.05. The molecular weight excluding hydrogens is 801 g/mol. The molecule has 4 heteroatoms. The zero-order valence-electron chi connectivity index (χ0n) is 35.1. The summed E-state index contributed by atoms with van der Waals surface area (Å²) in [7, 11) is 0. The maximum absolute atomic E-state index is 2.53. The second-order valence-electron chi connectivity index (χ2n) is 17.8. The largest absolute Gasteiger partial charge is 0.310 e. The number of anilines is 6.